The highest BCUT2D eigenvalue weighted by atomic mass is 35.5. The summed E-state index contributed by atoms with van der Waals surface area (Å²) in [5.41, 5.74) is 4.23. The molecule has 0 bridgehead atoms. The van der Waals surface area contributed by atoms with Gasteiger partial charge in [-0.05, 0) is 0 Å². The number of nitrogens with zero attached hydrogens (tertiary/aromatic N) is 1. The van der Waals surface area contributed by atoms with E-state index in [1.54, 1.807) is 0 Å². The molecule has 0 aliphatic rings. The predicted molar refractivity (Wildman–Crippen MR) is 50.0 cm³/mol. The minimum atomic E-state index is -4.31. The Labute approximate surface area is 89.1 Å². The maximum Gasteiger partial charge on any atom is 0.268 e. The molecule has 0 aliphatic heterocycles. The third kappa shape index (κ3) is 2.52. The van der Waals surface area contributed by atoms with E-state index >= 15 is 0 Å². The minimum Gasteiger partial charge on any atom is -0.384 e. The van der Waals surface area contributed by atoms with Crippen LogP contribution in [-0.2, 0) is 10.0 Å². The van der Waals surface area contributed by atoms with Gasteiger partial charge in [0.05, 0.1) is 10.5 Å². The van der Waals surface area contributed by atoms with Gasteiger partial charge in [0.15, 0.2) is 0 Å². The Morgan fingerprint density at radius 1 is 1.47 bits per heavy atom. The van der Waals surface area contributed by atoms with E-state index in [-0.39, 0.29) is 5.82 Å². The summed E-state index contributed by atoms with van der Waals surface area (Å²) in [6, 6.07) is 0.739. The van der Waals surface area contributed by atoms with E-state index < -0.39 is 32.1 Å². The average molecular weight is 258 g/mol. The Balaban J connectivity index is 3.62. The molecule has 0 saturated heterocycles. The van der Waals surface area contributed by atoms with Crippen LogP contribution in [0.2, 0.25) is 5.15 Å². The minimum absolute atomic E-state index is 0.298. The van der Waals surface area contributed by atoms with Gasteiger partial charge in [0.2, 0.25) is 10.0 Å². The second-order valence-corrected chi connectivity index (χ2v) is 4.48. The molecule has 9 heteroatoms. The van der Waals surface area contributed by atoms with Gasteiger partial charge in [-0.15, -0.1) is 0 Å². The molecule has 1 heterocycles. The molecule has 0 saturated carbocycles. The van der Waals surface area contributed by atoms with Gasteiger partial charge in [-0.25, -0.2) is 27.3 Å². The first kappa shape index (κ1) is 12.1. The number of pyridine rings is 1. The zero-order valence-corrected chi connectivity index (χ0v) is 8.69. The van der Waals surface area contributed by atoms with E-state index in [1.807, 2.05) is 0 Å². The maximum atomic E-state index is 12.5. The summed E-state index contributed by atoms with van der Waals surface area (Å²) in [5, 5.41) is 4.06. The van der Waals surface area contributed by atoms with Crippen molar-refractivity contribution < 1.29 is 17.2 Å². The maximum absolute atomic E-state index is 12.5. The van der Waals surface area contributed by atoms with Crippen molar-refractivity contribution in [2.75, 3.05) is 5.73 Å². The topological polar surface area (TPSA) is 99.1 Å². The van der Waals surface area contributed by atoms with Crippen molar-refractivity contribution >= 4 is 27.4 Å². The lowest BCUT2D eigenvalue weighted by Crippen LogP contribution is -2.16. The van der Waals surface area contributed by atoms with E-state index in [2.05, 4.69) is 4.98 Å². The van der Waals surface area contributed by atoms with Crippen molar-refractivity contribution in [1.29, 1.82) is 0 Å². The second-order valence-electron chi connectivity index (χ2n) is 2.60. The molecule has 0 amide bonds. The lowest BCUT2D eigenvalue weighted by molar-refractivity contribution is 0.147. The summed E-state index contributed by atoms with van der Waals surface area (Å²) < 4.78 is 46.9. The van der Waals surface area contributed by atoms with Crippen LogP contribution in [0.5, 0.6) is 0 Å². The highest BCUT2D eigenvalue weighted by Gasteiger charge is 2.25. The van der Waals surface area contributed by atoms with E-state index in [1.165, 1.54) is 0 Å². The number of hydrogen-bond donors (Lipinski definition) is 2. The molecule has 0 aromatic carbocycles. The van der Waals surface area contributed by atoms with Gasteiger partial charge in [0.1, 0.15) is 11.0 Å². The number of nitrogens with two attached hydrogens (primary N) is 2. The van der Waals surface area contributed by atoms with Gasteiger partial charge < -0.3 is 5.73 Å². The molecule has 1 aromatic heterocycles. The molecular weight excluding hydrogens is 252 g/mol. The molecule has 0 fully saturated rings. The molecule has 1 rings (SSSR count). The third-order valence-electron chi connectivity index (χ3n) is 1.52. The van der Waals surface area contributed by atoms with Crippen molar-refractivity contribution in [3.63, 3.8) is 0 Å². The van der Waals surface area contributed by atoms with Crippen LogP contribution < -0.4 is 10.9 Å². The molecule has 1 aromatic rings. The fourth-order valence-corrected chi connectivity index (χ4v) is 2.07. The zero-order valence-electron chi connectivity index (χ0n) is 7.12. The Kier molecular flexibility index (Phi) is 3.12. The van der Waals surface area contributed by atoms with E-state index in [4.69, 9.17) is 22.5 Å². The average Bonchev–Trinajstić information content (AvgIpc) is 1.99. The molecule has 0 radical (unpaired) electrons. The highest BCUT2D eigenvalue weighted by Crippen LogP contribution is 2.32. The summed E-state index contributed by atoms with van der Waals surface area (Å²) in [4.78, 5) is 2.50. The van der Waals surface area contributed by atoms with Gasteiger partial charge in [0, 0.05) is 6.07 Å². The molecule has 0 atom stereocenters. The lowest BCUT2D eigenvalue weighted by atomic mass is 10.3. The number of aromatic nitrogens is 1. The van der Waals surface area contributed by atoms with Gasteiger partial charge in [0.25, 0.3) is 6.43 Å². The largest absolute Gasteiger partial charge is 0.384 e. The number of anilines is 1. The first-order valence-corrected chi connectivity index (χ1v) is 5.42. The Morgan fingerprint density at radius 2 is 2.00 bits per heavy atom. The number of sulfonamides is 1. The molecule has 0 spiro atoms. The second kappa shape index (κ2) is 3.87. The monoisotopic (exact) mass is 257 g/mol. The third-order valence-corrected chi connectivity index (χ3v) is 2.76. The van der Waals surface area contributed by atoms with Crippen LogP contribution >= 0.6 is 11.6 Å². The Bertz CT molecular complexity index is 491. The summed E-state index contributed by atoms with van der Waals surface area (Å²) in [6.07, 6.45) is -3.10. The number of nitrogen functional groups attached to an aromatic ring is 1. The lowest BCUT2D eigenvalue weighted by Gasteiger charge is -2.08. The summed E-state index contributed by atoms with van der Waals surface area (Å²) in [6.45, 7) is 0. The Morgan fingerprint density at radius 3 is 2.40 bits per heavy atom. The summed E-state index contributed by atoms with van der Waals surface area (Å²) in [5.74, 6) is -0.298. The van der Waals surface area contributed by atoms with Gasteiger partial charge in [-0.2, -0.15) is 0 Å². The molecule has 4 N–H and O–H groups in total. The number of primary sulfonamides is 1. The first-order chi connectivity index (χ1) is 6.73. The standard InChI is InChI=1S/C6H6ClF2N3O2S/c7-5-4(6(8)9)2(15(11,13)14)1-3(10)12-5/h1,6H,(H2,10,12)(H2,11,13,14). The SMILES string of the molecule is Nc1cc(S(N)(=O)=O)c(C(F)F)c(Cl)n1. The zero-order chi connectivity index (χ0) is 11.8. The van der Waals surface area contributed by atoms with Crippen molar-refractivity contribution in [2.24, 2.45) is 5.14 Å². The quantitative estimate of drug-likeness (QED) is 0.769. The van der Waals surface area contributed by atoms with Crippen molar-refractivity contribution in [3.05, 3.63) is 16.8 Å². The summed E-state index contributed by atoms with van der Waals surface area (Å²) in [7, 11) is -4.31. The molecule has 0 aliphatic carbocycles. The Hall–Kier alpha value is -0.990. The van der Waals surface area contributed by atoms with Crippen LogP contribution in [0.1, 0.15) is 12.0 Å². The summed E-state index contributed by atoms with van der Waals surface area (Å²) >= 11 is 5.34. The first-order valence-electron chi connectivity index (χ1n) is 3.50. The van der Waals surface area contributed by atoms with E-state index in [0.717, 1.165) is 6.07 Å². The van der Waals surface area contributed by atoms with Crippen molar-refractivity contribution in [2.45, 2.75) is 11.3 Å². The van der Waals surface area contributed by atoms with E-state index in [9.17, 15) is 17.2 Å². The van der Waals surface area contributed by atoms with Crippen LogP contribution in [0.3, 0.4) is 0 Å². The van der Waals surface area contributed by atoms with E-state index in [0.29, 0.717) is 0 Å². The molecular formula is C6H6ClF2N3O2S. The van der Waals surface area contributed by atoms with Crippen LogP contribution in [0, 0.1) is 0 Å². The fourth-order valence-electron chi connectivity index (χ4n) is 0.953. The normalized spacial score (nSPS) is 12.1. The molecule has 0 unspecified atom stereocenters. The number of halogens is 3. The van der Waals surface area contributed by atoms with Gasteiger partial charge >= 0.3 is 0 Å². The molecule has 5 nitrogen and oxygen atoms in total. The number of alkyl halides is 2. The number of rotatable bonds is 2. The molecule has 84 valence electrons. The van der Waals surface area contributed by atoms with Gasteiger partial charge in [-0.3, -0.25) is 0 Å². The van der Waals surface area contributed by atoms with Crippen LogP contribution in [0.4, 0.5) is 14.6 Å². The fraction of sp³-hybridized carbons (Fsp3) is 0.167. The van der Waals surface area contributed by atoms with Crippen molar-refractivity contribution in [3.8, 4) is 0 Å². The van der Waals surface area contributed by atoms with Gasteiger partial charge in [-0.1, -0.05) is 11.6 Å². The predicted octanol–water partition coefficient (Wildman–Crippen LogP) is 0.902. The number of hydrogen-bond acceptors (Lipinski definition) is 4. The van der Waals surface area contributed by atoms with Crippen LogP contribution in [0.25, 0.3) is 0 Å². The smallest absolute Gasteiger partial charge is 0.268 e. The van der Waals surface area contributed by atoms with Crippen LogP contribution in [-0.4, -0.2) is 13.4 Å². The van der Waals surface area contributed by atoms with Crippen molar-refractivity contribution in [1.82, 2.24) is 4.98 Å². The van der Waals surface area contributed by atoms with Crippen LogP contribution in [0.15, 0.2) is 11.0 Å². The molecule has 15 heavy (non-hydrogen) atoms. The highest BCUT2D eigenvalue weighted by molar-refractivity contribution is 7.89.